The number of nitrogens with one attached hydrogen (secondary N) is 4. The maximum atomic E-state index is 14.8. The predicted molar refractivity (Wildman–Crippen MR) is 238 cm³/mol. The van der Waals surface area contributed by atoms with Crippen LogP contribution in [-0.2, 0) is 33.9 Å². The monoisotopic (exact) mass is 870 g/mol. The lowest BCUT2D eigenvalue weighted by Crippen LogP contribution is -2.57. The number of carbonyl (C=O) groups is 3. The molecule has 16 heteroatoms. The summed E-state index contributed by atoms with van der Waals surface area (Å²) in [7, 11) is 1.61. The Balaban J connectivity index is 1.45. The number of pyridine rings is 1. The fourth-order valence-electron chi connectivity index (χ4n) is 7.39. The predicted octanol–water partition coefficient (Wildman–Crippen LogP) is 4.28. The standard InChI is InChI=1S/C45H55ClN8O6S/c1-54-40(22-30-24-50-37-10-3-2-9-34(30)37)43(58)52-25-35-33(28-13-15-32(16-14-28)60-27-31(56)26-55)17-18-36(46)41(35)61-44-29(8-7-21-49-44)23-51-38(12-6-20-48)42(57)53-39(45(54)59)11-4-5-19-47/h2-3,7-10,13-18,21,24,31,38-40,50-51,55-56H,4-6,11-12,19-20,22-23,25-27,47-48H2,1H3,(H,52,58)(H,53,57)/t31?,38-,39-,40-/m0/s1. The van der Waals surface area contributed by atoms with E-state index in [1.54, 1.807) is 31.4 Å². The molecule has 5 aromatic rings. The number of aliphatic hydroxyl groups is 2. The van der Waals surface area contributed by atoms with Crippen molar-refractivity contribution >= 4 is 52.0 Å². The molecule has 0 saturated carbocycles. The number of carbonyl (C=O) groups excluding carboxylic acids is 3. The average Bonchev–Trinajstić information content (AvgIpc) is 3.69. The number of nitrogens with two attached hydrogens (primary N) is 2. The van der Waals surface area contributed by atoms with Crippen molar-refractivity contribution in [3.05, 3.63) is 107 Å². The third kappa shape index (κ3) is 11.7. The summed E-state index contributed by atoms with van der Waals surface area (Å²) in [5, 5.41) is 30.7. The first-order valence-electron chi connectivity index (χ1n) is 20.6. The average molecular weight is 872 g/mol. The number of aromatic amines is 1. The van der Waals surface area contributed by atoms with Crippen LogP contribution in [0.25, 0.3) is 22.0 Å². The molecule has 1 unspecified atom stereocenters. The van der Waals surface area contributed by atoms with Gasteiger partial charge in [-0.2, -0.15) is 0 Å². The zero-order valence-electron chi connectivity index (χ0n) is 34.2. The molecule has 6 rings (SSSR count). The molecule has 0 fully saturated rings. The van der Waals surface area contributed by atoms with Crippen LogP contribution in [0, 0.1) is 0 Å². The van der Waals surface area contributed by atoms with Gasteiger partial charge in [-0.1, -0.05) is 65.8 Å². The summed E-state index contributed by atoms with van der Waals surface area (Å²) >= 11 is 8.42. The van der Waals surface area contributed by atoms with Crippen LogP contribution in [0.5, 0.6) is 5.75 Å². The van der Waals surface area contributed by atoms with Gasteiger partial charge in [-0.3, -0.25) is 14.4 Å². The van der Waals surface area contributed by atoms with E-state index in [1.807, 2.05) is 60.8 Å². The van der Waals surface area contributed by atoms with Crippen molar-refractivity contribution in [2.24, 2.45) is 11.5 Å². The van der Waals surface area contributed by atoms with Gasteiger partial charge in [0, 0.05) is 54.8 Å². The lowest BCUT2D eigenvalue weighted by molar-refractivity contribution is -0.142. The maximum absolute atomic E-state index is 14.8. The summed E-state index contributed by atoms with van der Waals surface area (Å²) in [5.41, 5.74) is 16.7. The Kier molecular flexibility index (Phi) is 16.6. The van der Waals surface area contributed by atoms with Crippen molar-refractivity contribution in [3.63, 3.8) is 0 Å². The van der Waals surface area contributed by atoms with Gasteiger partial charge in [-0.05, 0) is 103 Å². The number of rotatable bonds is 14. The number of unbranched alkanes of at least 4 members (excludes halogenated alkanes) is 1. The zero-order chi connectivity index (χ0) is 43.3. The molecule has 0 aliphatic carbocycles. The molecule has 0 saturated heterocycles. The summed E-state index contributed by atoms with van der Waals surface area (Å²) in [6, 6.07) is 20.0. The van der Waals surface area contributed by atoms with E-state index in [0.717, 1.165) is 38.7 Å². The van der Waals surface area contributed by atoms with Gasteiger partial charge in [0.2, 0.25) is 17.7 Å². The molecule has 61 heavy (non-hydrogen) atoms. The van der Waals surface area contributed by atoms with E-state index >= 15 is 0 Å². The van der Waals surface area contributed by atoms with Gasteiger partial charge in [0.05, 0.1) is 17.7 Å². The molecule has 2 aromatic heterocycles. The quantitative estimate of drug-likeness (QED) is 0.0737. The lowest BCUT2D eigenvalue weighted by atomic mass is 9.98. The third-order valence-electron chi connectivity index (χ3n) is 10.8. The Morgan fingerprint density at radius 2 is 1.70 bits per heavy atom. The number of hydrogen-bond donors (Lipinski definition) is 8. The summed E-state index contributed by atoms with van der Waals surface area (Å²) in [4.78, 5) is 53.7. The first-order chi connectivity index (χ1) is 29.6. The topological polar surface area (TPSA) is 221 Å². The first-order valence-corrected chi connectivity index (χ1v) is 21.8. The Bertz CT molecular complexity index is 2260. The fourth-order valence-corrected chi connectivity index (χ4v) is 8.73. The van der Waals surface area contributed by atoms with Crippen molar-refractivity contribution in [2.75, 3.05) is 33.4 Å². The molecule has 4 atom stereocenters. The van der Waals surface area contributed by atoms with Crippen LogP contribution in [0.3, 0.4) is 0 Å². The first kappa shape index (κ1) is 45.5. The van der Waals surface area contributed by atoms with Crippen molar-refractivity contribution in [1.29, 1.82) is 0 Å². The van der Waals surface area contributed by atoms with Crippen LogP contribution in [0.4, 0.5) is 0 Å². The molecule has 1 aliphatic rings. The van der Waals surface area contributed by atoms with E-state index in [9.17, 15) is 24.6 Å². The van der Waals surface area contributed by atoms with Crippen LogP contribution in [0.2, 0.25) is 5.02 Å². The maximum Gasteiger partial charge on any atom is 0.245 e. The van der Waals surface area contributed by atoms with Crippen molar-refractivity contribution in [1.82, 2.24) is 30.8 Å². The van der Waals surface area contributed by atoms with E-state index in [2.05, 4.69) is 20.9 Å². The Labute approximate surface area is 365 Å². The normalized spacial score (nSPS) is 18.5. The van der Waals surface area contributed by atoms with Gasteiger partial charge in [-0.25, -0.2) is 4.98 Å². The highest BCUT2D eigenvalue weighted by atomic mass is 35.5. The number of fused-ring (bicyclic) bond motifs is 3. The van der Waals surface area contributed by atoms with E-state index < -0.39 is 42.7 Å². The van der Waals surface area contributed by atoms with Gasteiger partial charge >= 0.3 is 0 Å². The van der Waals surface area contributed by atoms with E-state index in [4.69, 9.17) is 32.8 Å². The van der Waals surface area contributed by atoms with E-state index in [-0.39, 0.29) is 32.0 Å². The second kappa shape index (κ2) is 22.2. The Hall–Kier alpha value is -5.00. The number of hydrogen-bond acceptors (Lipinski definition) is 11. The molecule has 1 aliphatic heterocycles. The molecule has 3 amide bonds. The number of benzene rings is 3. The summed E-state index contributed by atoms with van der Waals surface area (Å²) in [6.45, 7) is 0.654. The van der Waals surface area contributed by atoms with E-state index in [0.29, 0.717) is 65.9 Å². The number of H-pyrrole nitrogens is 1. The molecule has 3 aromatic carbocycles. The van der Waals surface area contributed by atoms with Crippen LogP contribution in [0.1, 0.15) is 48.8 Å². The SMILES string of the molecule is CN1C(=O)[C@H](CCCCN)NC(=O)[C@H](CCCN)NCc2cccnc2Sc2c(Cl)ccc(-c3ccc(OCC(O)CO)cc3)c2CNC(=O)[C@@H]1Cc1c[nH]c2ccccc12. The number of aromatic nitrogens is 2. The number of aliphatic hydroxyl groups excluding tert-OH is 2. The molecule has 0 radical (unpaired) electrons. The number of nitrogens with zero attached hydrogens (tertiary/aromatic N) is 2. The van der Waals surface area contributed by atoms with Crippen LogP contribution in [-0.4, -0.2) is 100 Å². The van der Waals surface area contributed by atoms with Crippen molar-refractivity contribution in [3.8, 4) is 16.9 Å². The highest BCUT2D eigenvalue weighted by Gasteiger charge is 2.34. The number of para-hydroxylation sites is 1. The Morgan fingerprint density at radius 1 is 0.934 bits per heavy atom. The number of ether oxygens (including phenoxy) is 1. The molecule has 0 spiro atoms. The lowest BCUT2D eigenvalue weighted by Gasteiger charge is -2.32. The second-order valence-corrected chi connectivity index (χ2v) is 16.5. The highest BCUT2D eigenvalue weighted by molar-refractivity contribution is 7.99. The van der Waals surface area contributed by atoms with Crippen LogP contribution >= 0.6 is 23.4 Å². The van der Waals surface area contributed by atoms with E-state index in [1.165, 1.54) is 16.7 Å². The number of halogens is 1. The molecule has 0 bridgehead atoms. The fraction of sp³-hybridized carbons (Fsp3) is 0.378. The van der Waals surface area contributed by atoms with Gasteiger partial charge in [0.25, 0.3) is 0 Å². The molecule has 10 N–H and O–H groups in total. The summed E-state index contributed by atoms with van der Waals surface area (Å²) in [5.74, 6) is -0.626. The minimum absolute atomic E-state index is 0.0443. The molecule has 3 heterocycles. The van der Waals surface area contributed by atoms with Crippen LogP contribution in [0.15, 0.2) is 95.1 Å². The van der Waals surface area contributed by atoms with Crippen molar-refractivity contribution in [2.45, 2.75) is 85.8 Å². The third-order valence-corrected chi connectivity index (χ3v) is 12.5. The molecular weight excluding hydrogens is 816 g/mol. The van der Waals surface area contributed by atoms with Gasteiger partial charge in [-0.15, -0.1) is 0 Å². The molecule has 324 valence electrons. The molecule has 14 nitrogen and oxygen atoms in total. The number of likely N-dealkylation sites (N-methyl/N-ethyl adjacent to an activating group) is 1. The highest BCUT2D eigenvalue weighted by Crippen LogP contribution is 2.41. The smallest absolute Gasteiger partial charge is 0.245 e. The van der Waals surface area contributed by atoms with Crippen molar-refractivity contribution < 1.29 is 29.3 Å². The van der Waals surface area contributed by atoms with Gasteiger partial charge in [0.15, 0.2) is 0 Å². The second-order valence-electron chi connectivity index (χ2n) is 15.1. The largest absolute Gasteiger partial charge is 0.491 e. The Morgan fingerprint density at radius 3 is 2.48 bits per heavy atom. The van der Waals surface area contributed by atoms with Crippen LogP contribution < -0.4 is 32.2 Å². The van der Waals surface area contributed by atoms with Gasteiger partial charge in [0.1, 0.15) is 35.6 Å². The summed E-state index contributed by atoms with van der Waals surface area (Å²) in [6.07, 6.45) is 5.32. The molecular formula is C45H55ClN8O6S. The minimum Gasteiger partial charge on any atom is -0.491 e. The summed E-state index contributed by atoms with van der Waals surface area (Å²) < 4.78 is 5.67. The van der Waals surface area contributed by atoms with Gasteiger partial charge < -0.3 is 52.3 Å². The number of amides is 3. The zero-order valence-corrected chi connectivity index (χ0v) is 35.8. The minimum atomic E-state index is -1.01.